The van der Waals surface area contributed by atoms with Gasteiger partial charge in [0.2, 0.25) is 0 Å². The molecule has 106 valence electrons. The van der Waals surface area contributed by atoms with E-state index in [1.807, 2.05) is 7.05 Å². The molecule has 2 rings (SSSR count). The lowest BCUT2D eigenvalue weighted by Crippen LogP contribution is -2.34. The molecule has 1 aliphatic carbocycles. The summed E-state index contributed by atoms with van der Waals surface area (Å²) in [4.78, 5) is 8.57. The highest BCUT2D eigenvalue weighted by Gasteiger charge is 2.31. The topological polar surface area (TPSA) is 70.1 Å². The maximum Gasteiger partial charge on any atom is 0.134 e. The van der Waals surface area contributed by atoms with Crippen LogP contribution >= 0.6 is 0 Å². The second kappa shape index (κ2) is 6.19. The molecular weight excluding hydrogens is 240 g/mol. The molecule has 0 aliphatic heterocycles. The maximum atomic E-state index is 10.4. The van der Waals surface area contributed by atoms with Crippen molar-refractivity contribution in [2.45, 2.75) is 51.0 Å². The van der Waals surface area contributed by atoms with Crippen molar-refractivity contribution in [2.24, 2.45) is 0 Å². The lowest BCUT2D eigenvalue weighted by Gasteiger charge is -2.23. The molecule has 5 heteroatoms. The number of hydrogen-bond donors (Lipinski definition) is 3. The van der Waals surface area contributed by atoms with Crippen LogP contribution in [0.3, 0.4) is 0 Å². The fourth-order valence-corrected chi connectivity index (χ4v) is 2.73. The summed E-state index contributed by atoms with van der Waals surface area (Å²) in [5.74, 6) is 1.72. The highest BCUT2D eigenvalue weighted by molar-refractivity contribution is 5.57. The molecule has 1 saturated carbocycles. The van der Waals surface area contributed by atoms with Gasteiger partial charge in [0, 0.05) is 19.2 Å². The molecule has 0 unspecified atom stereocenters. The van der Waals surface area contributed by atoms with E-state index >= 15 is 0 Å². The fourth-order valence-electron chi connectivity index (χ4n) is 2.73. The van der Waals surface area contributed by atoms with E-state index in [1.54, 1.807) is 6.33 Å². The first-order chi connectivity index (χ1) is 9.18. The Bertz CT molecular complexity index is 416. The Morgan fingerprint density at radius 2 is 1.95 bits per heavy atom. The molecule has 19 heavy (non-hydrogen) atoms. The van der Waals surface area contributed by atoms with Gasteiger partial charge >= 0.3 is 0 Å². The van der Waals surface area contributed by atoms with E-state index < -0.39 is 5.60 Å². The van der Waals surface area contributed by atoms with Crippen LogP contribution < -0.4 is 10.6 Å². The molecule has 3 N–H and O–H groups in total. The molecule has 5 nitrogen and oxygen atoms in total. The first kappa shape index (κ1) is 14.1. The number of nitrogens with zero attached hydrogens (tertiary/aromatic N) is 2. The van der Waals surface area contributed by atoms with Crippen LogP contribution in [0.2, 0.25) is 0 Å². The molecule has 0 saturated heterocycles. The Morgan fingerprint density at radius 3 is 2.58 bits per heavy atom. The average Bonchev–Trinajstić information content (AvgIpc) is 2.85. The van der Waals surface area contributed by atoms with E-state index in [0.29, 0.717) is 6.54 Å². The van der Waals surface area contributed by atoms with Gasteiger partial charge in [0.05, 0.1) is 5.60 Å². The second-order valence-electron chi connectivity index (χ2n) is 5.33. The minimum absolute atomic E-state index is 0.561. The Kier molecular flexibility index (Phi) is 4.58. The zero-order valence-electron chi connectivity index (χ0n) is 11.9. The summed E-state index contributed by atoms with van der Waals surface area (Å²) in [7, 11) is 1.87. The van der Waals surface area contributed by atoms with Gasteiger partial charge in [0.1, 0.15) is 18.0 Å². The summed E-state index contributed by atoms with van der Waals surface area (Å²) in [5, 5.41) is 16.8. The average molecular weight is 264 g/mol. The van der Waals surface area contributed by atoms with E-state index in [0.717, 1.165) is 55.7 Å². The van der Waals surface area contributed by atoms with Gasteiger partial charge in [-0.05, 0) is 19.3 Å². The third kappa shape index (κ3) is 3.35. The van der Waals surface area contributed by atoms with Gasteiger partial charge in [-0.3, -0.25) is 0 Å². The molecule has 0 bridgehead atoms. The fraction of sp³-hybridized carbons (Fsp3) is 0.714. The summed E-state index contributed by atoms with van der Waals surface area (Å²) in [5.41, 5.74) is 0.544. The molecule has 1 aliphatic rings. The first-order valence-corrected chi connectivity index (χ1v) is 7.16. The van der Waals surface area contributed by atoms with Crippen LogP contribution in [0.15, 0.2) is 6.33 Å². The van der Waals surface area contributed by atoms with Gasteiger partial charge in [-0.2, -0.15) is 0 Å². The smallest absolute Gasteiger partial charge is 0.134 e. The highest BCUT2D eigenvalue weighted by Crippen LogP contribution is 2.30. The number of aliphatic hydroxyl groups is 1. The van der Waals surface area contributed by atoms with Crippen LogP contribution in [0.1, 0.15) is 44.6 Å². The van der Waals surface area contributed by atoms with Crippen molar-refractivity contribution in [3.8, 4) is 0 Å². The largest absolute Gasteiger partial charge is 0.388 e. The Labute approximate surface area is 114 Å². The van der Waals surface area contributed by atoms with Crippen molar-refractivity contribution in [3.63, 3.8) is 0 Å². The van der Waals surface area contributed by atoms with E-state index in [9.17, 15) is 5.11 Å². The summed E-state index contributed by atoms with van der Waals surface area (Å²) in [6.45, 7) is 2.71. The van der Waals surface area contributed by atoms with Crippen molar-refractivity contribution >= 4 is 11.6 Å². The molecule has 0 atom stereocenters. The summed E-state index contributed by atoms with van der Waals surface area (Å²) < 4.78 is 0. The molecule has 0 amide bonds. The quantitative estimate of drug-likeness (QED) is 0.734. The summed E-state index contributed by atoms with van der Waals surface area (Å²) in [6.07, 6.45) is 7.53. The van der Waals surface area contributed by atoms with Crippen molar-refractivity contribution in [3.05, 3.63) is 11.9 Å². The van der Waals surface area contributed by atoms with Crippen LogP contribution in [0.25, 0.3) is 0 Å². The van der Waals surface area contributed by atoms with Gasteiger partial charge in [-0.1, -0.05) is 26.2 Å². The number of aromatic nitrogens is 2. The summed E-state index contributed by atoms with van der Waals surface area (Å²) in [6, 6.07) is 0. The van der Waals surface area contributed by atoms with Crippen LogP contribution in [0.4, 0.5) is 11.6 Å². The first-order valence-electron chi connectivity index (χ1n) is 7.16. The molecule has 0 spiro atoms. The van der Waals surface area contributed by atoms with Crippen molar-refractivity contribution in [1.29, 1.82) is 0 Å². The van der Waals surface area contributed by atoms with Crippen molar-refractivity contribution in [1.82, 2.24) is 9.97 Å². The van der Waals surface area contributed by atoms with Crippen LogP contribution in [0.5, 0.6) is 0 Å². The lowest BCUT2D eigenvalue weighted by atomic mass is 10.0. The molecule has 1 aromatic rings. The number of nitrogens with one attached hydrogen (secondary N) is 2. The van der Waals surface area contributed by atoms with Crippen molar-refractivity contribution in [2.75, 3.05) is 24.2 Å². The minimum atomic E-state index is -0.561. The van der Waals surface area contributed by atoms with Crippen LogP contribution in [-0.4, -0.2) is 34.3 Å². The second-order valence-corrected chi connectivity index (χ2v) is 5.33. The normalized spacial score (nSPS) is 17.4. The standard InChI is InChI=1S/C14H24N4O/c1-3-6-11-12(15-2)17-10-18-13(11)16-9-14(19)7-4-5-8-14/h10,19H,3-9H2,1-2H3,(H2,15,16,17,18). The predicted molar refractivity (Wildman–Crippen MR) is 77.5 cm³/mol. The van der Waals surface area contributed by atoms with Crippen LogP contribution in [-0.2, 0) is 6.42 Å². The zero-order valence-corrected chi connectivity index (χ0v) is 11.9. The lowest BCUT2D eigenvalue weighted by molar-refractivity contribution is 0.0614. The van der Waals surface area contributed by atoms with Gasteiger partial charge in [0.15, 0.2) is 0 Å². The molecule has 1 heterocycles. The van der Waals surface area contributed by atoms with Gasteiger partial charge in [0.25, 0.3) is 0 Å². The zero-order chi connectivity index (χ0) is 13.7. The Balaban J connectivity index is 2.10. The minimum Gasteiger partial charge on any atom is -0.388 e. The number of hydrogen-bond acceptors (Lipinski definition) is 5. The summed E-state index contributed by atoms with van der Waals surface area (Å²) >= 11 is 0. The highest BCUT2D eigenvalue weighted by atomic mass is 16.3. The number of anilines is 2. The molecule has 1 fully saturated rings. The molecule has 1 aromatic heterocycles. The molecule has 0 radical (unpaired) electrons. The third-order valence-electron chi connectivity index (χ3n) is 3.80. The van der Waals surface area contributed by atoms with E-state index in [1.165, 1.54) is 0 Å². The maximum absolute atomic E-state index is 10.4. The van der Waals surface area contributed by atoms with Gasteiger partial charge in [-0.25, -0.2) is 9.97 Å². The molecular formula is C14H24N4O. The SMILES string of the molecule is CCCc1c(NC)ncnc1NCC1(O)CCCC1. The third-order valence-corrected chi connectivity index (χ3v) is 3.80. The Hall–Kier alpha value is -1.36. The van der Waals surface area contributed by atoms with E-state index in [4.69, 9.17) is 0 Å². The monoisotopic (exact) mass is 264 g/mol. The predicted octanol–water partition coefficient (Wildman–Crippen LogP) is 2.19. The van der Waals surface area contributed by atoms with E-state index in [2.05, 4.69) is 27.5 Å². The molecule has 0 aromatic carbocycles. The van der Waals surface area contributed by atoms with Crippen LogP contribution in [0, 0.1) is 0 Å². The van der Waals surface area contributed by atoms with Gasteiger partial charge < -0.3 is 15.7 Å². The van der Waals surface area contributed by atoms with E-state index in [-0.39, 0.29) is 0 Å². The Morgan fingerprint density at radius 1 is 1.26 bits per heavy atom. The van der Waals surface area contributed by atoms with Gasteiger partial charge in [-0.15, -0.1) is 0 Å². The number of rotatable bonds is 6. The van der Waals surface area contributed by atoms with Crippen molar-refractivity contribution < 1.29 is 5.11 Å².